The van der Waals surface area contributed by atoms with E-state index in [0.29, 0.717) is 23.1 Å². The topological polar surface area (TPSA) is 109 Å². The van der Waals surface area contributed by atoms with Gasteiger partial charge in [0.15, 0.2) is 0 Å². The molecule has 0 saturated carbocycles. The summed E-state index contributed by atoms with van der Waals surface area (Å²) in [5, 5.41) is 6.35. The molecule has 2 heterocycles. The maximum absolute atomic E-state index is 12.9. The largest absolute Gasteiger partial charge is 0.340 e. The number of nitrogens with zero attached hydrogens (tertiary/aromatic N) is 3. The van der Waals surface area contributed by atoms with Crippen LogP contribution in [-0.4, -0.2) is 23.4 Å². The first kappa shape index (κ1) is 24.0. The monoisotopic (exact) mass is 508 g/mol. The predicted octanol–water partition coefficient (Wildman–Crippen LogP) is 6.14. The van der Waals surface area contributed by atoms with Crippen molar-refractivity contribution in [3.05, 3.63) is 115 Å². The van der Waals surface area contributed by atoms with Gasteiger partial charge in [0.2, 0.25) is 0 Å². The second kappa shape index (κ2) is 10.5. The molecule has 0 aliphatic carbocycles. The molecule has 9 heteroatoms. The van der Waals surface area contributed by atoms with Crippen LogP contribution in [0.4, 0.5) is 28.8 Å². The number of benzene rings is 3. The normalized spacial score (nSPS) is 11.1. The van der Waals surface area contributed by atoms with Gasteiger partial charge in [-0.2, -0.15) is 0 Å². The number of anilines is 5. The first-order valence-electron chi connectivity index (χ1n) is 11.5. The minimum Gasteiger partial charge on any atom is -0.340 e. The van der Waals surface area contributed by atoms with Gasteiger partial charge in [0.05, 0.1) is 4.90 Å². The molecule has 0 spiro atoms. The lowest BCUT2D eigenvalue weighted by atomic mass is 10.1. The van der Waals surface area contributed by atoms with Crippen molar-refractivity contribution in [3.63, 3.8) is 0 Å². The second-order valence-corrected chi connectivity index (χ2v) is 10.0. The van der Waals surface area contributed by atoms with Gasteiger partial charge < -0.3 is 10.6 Å². The lowest BCUT2D eigenvalue weighted by Gasteiger charge is -2.11. The Hall–Kier alpha value is -4.76. The van der Waals surface area contributed by atoms with Gasteiger partial charge in [0, 0.05) is 23.6 Å². The summed E-state index contributed by atoms with van der Waals surface area (Å²) in [7, 11) is -3.73. The molecule has 0 aliphatic rings. The van der Waals surface area contributed by atoms with Gasteiger partial charge >= 0.3 is 0 Å². The number of aromatic nitrogens is 3. The summed E-state index contributed by atoms with van der Waals surface area (Å²) >= 11 is 0. The van der Waals surface area contributed by atoms with E-state index in [9.17, 15) is 8.42 Å². The van der Waals surface area contributed by atoms with Crippen LogP contribution in [0.25, 0.3) is 11.1 Å². The van der Waals surface area contributed by atoms with Crippen LogP contribution in [-0.2, 0) is 10.0 Å². The maximum atomic E-state index is 12.9. The minimum atomic E-state index is -3.73. The van der Waals surface area contributed by atoms with Crippen LogP contribution in [0.3, 0.4) is 0 Å². The fourth-order valence-electron chi connectivity index (χ4n) is 3.67. The number of nitrogens with one attached hydrogen (secondary N) is 3. The molecule has 184 valence electrons. The van der Waals surface area contributed by atoms with E-state index in [1.54, 1.807) is 60.8 Å². The Labute approximate surface area is 215 Å². The molecule has 0 atom stereocenters. The number of hydrogen-bond donors (Lipinski definition) is 3. The number of pyridine rings is 1. The average molecular weight is 509 g/mol. The fraction of sp³-hybridized carbons (Fsp3) is 0.0357. The second-order valence-electron chi connectivity index (χ2n) is 8.33. The molecule has 0 amide bonds. The predicted molar refractivity (Wildman–Crippen MR) is 147 cm³/mol. The molecule has 5 rings (SSSR count). The molecular formula is C28H24N6O2S. The molecule has 0 bridgehead atoms. The van der Waals surface area contributed by atoms with E-state index < -0.39 is 10.0 Å². The Morgan fingerprint density at radius 3 is 1.95 bits per heavy atom. The van der Waals surface area contributed by atoms with E-state index in [4.69, 9.17) is 0 Å². The molecule has 0 aliphatic heterocycles. The Kier molecular flexibility index (Phi) is 6.78. The highest BCUT2D eigenvalue weighted by molar-refractivity contribution is 7.92. The number of aryl methyl sites for hydroxylation is 1. The number of rotatable bonds is 8. The molecule has 3 aromatic carbocycles. The lowest BCUT2D eigenvalue weighted by Crippen LogP contribution is -2.12. The molecule has 5 aromatic rings. The molecular weight excluding hydrogens is 484 g/mol. The summed E-state index contributed by atoms with van der Waals surface area (Å²) in [6.07, 6.45) is 3.18. The van der Waals surface area contributed by atoms with Gasteiger partial charge in [-0.15, -0.1) is 0 Å². The van der Waals surface area contributed by atoms with Crippen molar-refractivity contribution in [2.24, 2.45) is 0 Å². The van der Waals surface area contributed by atoms with Gasteiger partial charge in [-0.1, -0.05) is 42.5 Å². The van der Waals surface area contributed by atoms with Crippen molar-refractivity contribution < 1.29 is 8.42 Å². The first-order chi connectivity index (χ1) is 17.9. The zero-order chi connectivity index (χ0) is 25.7. The zero-order valence-corrected chi connectivity index (χ0v) is 20.8. The minimum absolute atomic E-state index is 0.193. The third-order valence-corrected chi connectivity index (χ3v) is 6.92. The quantitative estimate of drug-likeness (QED) is 0.231. The van der Waals surface area contributed by atoms with E-state index in [1.165, 1.54) is 6.33 Å². The standard InChI is InChI=1S/C28H24N6O2S/c1-20-15-16-29-26(17-20)33-28-18-27(30-19-31-28)32-23-9-11-24(12-10-23)34-37(35,36)25-13-7-22(8-14-25)21-5-3-2-4-6-21/h2-19,34H,1H3,(H2,29,30,31,32,33). The van der Waals surface area contributed by atoms with E-state index in [0.717, 1.165) is 22.4 Å². The van der Waals surface area contributed by atoms with Crippen LogP contribution in [0.2, 0.25) is 0 Å². The van der Waals surface area contributed by atoms with Crippen molar-refractivity contribution in [1.29, 1.82) is 0 Å². The molecule has 3 N–H and O–H groups in total. The zero-order valence-electron chi connectivity index (χ0n) is 20.0. The number of hydrogen-bond acceptors (Lipinski definition) is 7. The summed E-state index contributed by atoms with van der Waals surface area (Å²) in [6.45, 7) is 1.99. The Bertz CT molecular complexity index is 1610. The van der Waals surface area contributed by atoms with Crippen molar-refractivity contribution in [1.82, 2.24) is 15.0 Å². The van der Waals surface area contributed by atoms with Crippen LogP contribution >= 0.6 is 0 Å². The molecule has 2 aromatic heterocycles. The average Bonchev–Trinajstić information content (AvgIpc) is 2.91. The van der Waals surface area contributed by atoms with E-state index in [1.807, 2.05) is 49.4 Å². The van der Waals surface area contributed by atoms with Crippen LogP contribution in [0.1, 0.15) is 5.56 Å². The van der Waals surface area contributed by atoms with Gasteiger partial charge in [-0.05, 0) is 72.1 Å². The summed E-state index contributed by atoms with van der Waals surface area (Å²) in [5.74, 6) is 1.87. The SMILES string of the molecule is Cc1ccnc(Nc2cc(Nc3ccc(NS(=O)(=O)c4ccc(-c5ccccc5)cc4)cc3)ncn2)c1. The van der Waals surface area contributed by atoms with Gasteiger partial charge in [-0.25, -0.2) is 23.4 Å². The van der Waals surface area contributed by atoms with Crippen LogP contribution in [0.15, 0.2) is 114 Å². The maximum Gasteiger partial charge on any atom is 0.261 e. The summed E-state index contributed by atoms with van der Waals surface area (Å²) in [6, 6.07) is 29.2. The summed E-state index contributed by atoms with van der Waals surface area (Å²) in [5.41, 5.74) is 4.26. The third kappa shape index (κ3) is 6.09. The fourth-order valence-corrected chi connectivity index (χ4v) is 4.73. The van der Waals surface area contributed by atoms with Gasteiger partial charge in [0.1, 0.15) is 23.8 Å². The molecule has 0 radical (unpaired) electrons. The van der Waals surface area contributed by atoms with Crippen molar-refractivity contribution in [2.45, 2.75) is 11.8 Å². The summed E-state index contributed by atoms with van der Waals surface area (Å²) < 4.78 is 28.4. The van der Waals surface area contributed by atoms with E-state index in [-0.39, 0.29) is 4.90 Å². The van der Waals surface area contributed by atoms with Gasteiger partial charge in [-0.3, -0.25) is 4.72 Å². The van der Waals surface area contributed by atoms with Crippen LogP contribution in [0.5, 0.6) is 0 Å². The van der Waals surface area contributed by atoms with Crippen LogP contribution < -0.4 is 15.4 Å². The smallest absolute Gasteiger partial charge is 0.261 e. The van der Waals surface area contributed by atoms with Crippen molar-refractivity contribution >= 4 is 38.9 Å². The van der Waals surface area contributed by atoms with E-state index >= 15 is 0 Å². The number of sulfonamides is 1. The highest BCUT2D eigenvalue weighted by Gasteiger charge is 2.14. The Balaban J connectivity index is 1.24. The Morgan fingerprint density at radius 2 is 1.24 bits per heavy atom. The molecule has 0 saturated heterocycles. The van der Waals surface area contributed by atoms with E-state index in [2.05, 4.69) is 30.3 Å². The molecule has 0 fully saturated rings. The first-order valence-corrected chi connectivity index (χ1v) is 13.0. The third-order valence-electron chi connectivity index (χ3n) is 5.52. The van der Waals surface area contributed by atoms with Gasteiger partial charge in [0.25, 0.3) is 10.0 Å². The highest BCUT2D eigenvalue weighted by Crippen LogP contribution is 2.24. The highest BCUT2D eigenvalue weighted by atomic mass is 32.2. The molecule has 8 nitrogen and oxygen atoms in total. The molecule has 37 heavy (non-hydrogen) atoms. The van der Waals surface area contributed by atoms with Crippen molar-refractivity contribution in [2.75, 3.05) is 15.4 Å². The lowest BCUT2D eigenvalue weighted by molar-refractivity contribution is 0.601. The summed E-state index contributed by atoms with van der Waals surface area (Å²) in [4.78, 5) is 13.0. The molecule has 0 unspecified atom stereocenters. The van der Waals surface area contributed by atoms with Crippen molar-refractivity contribution in [3.8, 4) is 11.1 Å². The Morgan fingerprint density at radius 1 is 0.622 bits per heavy atom. The van der Waals surface area contributed by atoms with Crippen LogP contribution in [0, 0.1) is 6.92 Å².